The number of hydrogen-bond acceptors (Lipinski definition) is 3. The molecular weight excluding hydrogens is 345 g/mol. The highest BCUT2D eigenvalue weighted by atomic mass is 19.1. The normalized spacial score (nSPS) is 12.8. The number of benzene rings is 1. The first kappa shape index (κ1) is 18.8. The Balaban J connectivity index is 2.26. The Morgan fingerprint density at radius 1 is 1.19 bits per heavy atom. The lowest BCUT2D eigenvalue weighted by Crippen LogP contribution is -2.46. The number of carbonyl (C=O) groups is 1. The fourth-order valence-electron chi connectivity index (χ4n) is 3.36. The van der Waals surface area contributed by atoms with Crippen molar-refractivity contribution in [3.63, 3.8) is 0 Å². The molecule has 0 radical (unpaired) electrons. The summed E-state index contributed by atoms with van der Waals surface area (Å²) in [6.45, 7) is 7.33. The van der Waals surface area contributed by atoms with Gasteiger partial charge in [0.1, 0.15) is 5.82 Å². The van der Waals surface area contributed by atoms with Gasteiger partial charge in [0.2, 0.25) is 0 Å². The second-order valence-electron chi connectivity index (χ2n) is 7.47. The van der Waals surface area contributed by atoms with Gasteiger partial charge >= 0.3 is 6.09 Å². The Bertz CT molecular complexity index is 984. The summed E-state index contributed by atoms with van der Waals surface area (Å²) in [5.74, 6) is -0.348. The van der Waals surface area contributed by atoms with E-state index in [0.717, 1.165) is 0 Å². The molecule has 3 aromatic rings. The first-order chi connectivity index (χ1) is 12.7. The predicted octanol–water partition coefficient (Wildman–Crippen LogP) is 5.28. The lowest BCUT2D eigenvalue weighted by atomic mass is 9.97. The standard InChI is InChI=1S/C21H22FN3O2/c1-13(25(20(26)27)21(2,3)4)19-16(18-7-5-6-10-23-18)12-14-11-15(22)8-9-17(14)24-19/h5-13H,1-4H3,(H,26,27). The van der Waals surface area contributed by atoms with Crippen LogP contribution in [0, 0.1) is 5.82 Å². The van der Waals surface area contributed by atoms with Gasteiger partial charge in [-0.1, -0.05) is 6.07 Å². The third kappa shape index (κ3) is 3.74. The smallest absolute Gasteiger partial charge is 0.408 e. The second kappa shape index (κ2) is 6.95. The summed E-state index contributed by atoms with van der Waals surface area (Å²) in [6, 6.07) is 11.2. The molecule has 3 rings (SSSR count). The maximum absolute atomic E-state index is 13.7. The molecule has 140 valence electrons. The predicted molar refractivity (Wildman–Crippen MR) is 103 cm³/mol. The van der Waals surface area contributed by atoms with Crippen LogP contribution in [0.25, 0.3) is 22.2 Å². The van der Waals surface area contributed by atoms with Crippen LogP contribution in [0.5, 0.6) is 0 Å². The molecule has 0 bridgehead atoms. The van der Waals surface area contributed by atoms with Gasteiger partial charge in [-0.15, -0.1) is 0 Å². The summed E-state index contributed by atoms with van der Waals surface area (Å²) in [5.41, 5.74) is 1.93. The molecular formula is C21H22FN3O2. The Kier molecular flexibility index (Phi) is 4.83. The van der Waals surface area contributed by atoms with Gasteiger partial charge in [0.15, 0.2) is 0 Å². The minimum atomic E-state index is -1.03. The maximum Gasteiger partial charge on any atom is 0.408 e. The Morgan fingerprint density at radius 3 is 2.52 bits per heavy atom. The van der Waals surface area contributed by atoms with Gasteiger partial charge in [-0.25, -0.2) is 14.2 Å². The molecule has 2 aromatic heterocycles. The van der Waals surface area contributed by atoms with Crippen LogP contribution in [0.1, 0.15) is 39.4 Å². The van der Waals surface area contributed by atoms with Crippen LogP contribution in [0.4, 0.5) is 9.18 Å². The van der Waals surface area contributed by atoms with E-state index in [-0.39, 0.29) is 5.82 Å². The largest absolute Gasteiger partial charge is 0.465 e. The van der Waals surface area contributed by atoms with Gasteiger partial charge in [0.05, 0.1) is 22.9 Å². The third-order valence-corrected chi connectivity index (χ3v) is 4.46. The third-order valence-electron chi connectivity index (χ3n) is 4.46. The zero-order valence-electron chi connectivity index (χ0n) is 15.8. The van der Waals surface area contributed by atoms with Crippen molar-refractivity contribution in [1.29, 1.82) is 0 Å². The minimum absolute atomic E-state index is 0.348. The zero-order chi connectivity index (χ0) is 19.8. The molecule has 0 aliphatic carbocycles. The van der Waals surface area contributed by atoms with E-state index in [1.54, 1.807) is 18.3 Å². The van der Waals surface area contributed by atoms with Crippen LogP contribution in [0.15, 0.2) is 48.7 Å². The van der Waals surface area contributed by atoms with Gasteiger partial charge in [0.25, 0.3) is 0 Å². The molecule has 0 saturated heterocycles. The SMILES string of the molecule is CC(c1nc2ccc(F)cc2cc1-c1ccccn1)N(C(=O)O)C(C)(C)C. The summed E-state index contributed by atoms with van der Waals surface area (Å²) >= 11 is 0. The van der Waals surface area contributed by atoms with Crippen molar-refractivity contribution in [2.24, 2.45) is 0 Å². The van der Waals surface area contributed by atoms with Crippen molar-refractivity contribution in [2.45, 2.75) is 39.3 Å². The van der Waals surface area contributed by atoms with Crippen LogP contribution in [0.3, 0.4) is 0 Å². The molecule has 0 aliphatic rings. The molecule has 0 aliphatic heterocycles. The molecule has 2 heterocycles. The van der Waals surface area contributed by atoms with E-state index in [1.165, 1.54) is 17.0 Å². The van der Waals surface area contributed by atoms with E-state index in [9.17, 15) is 14.3 Å². The lowest BCUT2D eigenvalue weighted by molar-refractivity contribution is 0.0743. The van der Waals surface area contributed by atoms with E-state index in [0.29, 0.717) is 27.9 Å². The Morgan fingerprint density at radius 2 is 1.93 bits per heavy atom. The van der Waals surface area contributed by atoms with Gasteiger partial charge in [-0.3, -0.25) is 9.88 Å². The number of amides is 1. The number of aromatic nitrogens is 2. The van der Waals surface area contributed by atoms with E-state index in [2.05, 4.69) is 4.98 Å². The van der Waals surface area contributed by atoms with Crippen LogP contribution in [0.2, 0.25) is 0 Å². The molecule has 0 spiro atoms. The maximum atomic E-state index is 13.7. The minimum Gasteiger partial charge on any atom is -0.465 e. The average molecular weight is 367 g/mol. The number of nitrogens with zero attached hydrogens (tertiary/aromatic N) is 3. The molecule has 27 heavy (non-hydrogen) atoms. The summed E-state index contributed by atoms with van der Waals surface area (Å²) in [6.07, 6.45) is 0.640. The second-order valence-corrected chi connectivity index (χ2v) is 7.47. The van der Waals surface area contributed by atoms with Gasteiger partial charge in [-0.05, 0) is 64.1 Å². The number of hydrogen-bond donors (Lipinski definition) is 1. The van der Waals surface area contributed by atoms with E-state index < -0.39 is 17.7 Å². The van der Waals surface area contributed by atoms with Crippen molar-refractivity contribution in [3.8, 4) is 11.3 Å². The fourth-order valence-corrected chi connectivity index (χ4v) is 3.36. The summed E-state index contributed by atoms with van der Waals surface area (Å²) in [5, 5.41) is 10.4. The molecule has 1 N–H and O–H groups in total. The molecule has 1 amide bonds. The van der Waals surface area contributed by atoms with Crippen LogP contribution in [-0.2, 0) is 0 Å². The molecule has 0 saturated carbocycles. The lowest BCUT2D eigenvalue weighted by Gasteiger charge is -2.38. The highest BCUT2D eigenvalue weighted by Crippen LogP contribution is 2.35. The van der Waals surface area contributed by atoms with E-state index in [4.69, 9.17) is 4.98 Å². The molecule has 1 unspecified atom stereocenters. The number of fused-ring (bicyclic) bond motifs is 1. The topological polar surface area (TPSA) is 66.3 Å². The van der Waals surface area contributed by atoms with Crippen LogP contribution >= 0.6 is 0 Å². The Labute approximate surface area is 157 Å². The van der Waals surface area contributed by atoms with Crippen LogP contribution < -0.4 is 0 Å². The van der Waals surface area contributed by atoms with Gasteiger partial charge < -0.3 is 5.11 Å². The Hall–Kier alpha value is -3.02. The fraction of sp³-hybridized carbons (Fsp3) is 0.286. The summed E-state index contributed by atoms with van der Waals surface area (Å²) in [7, 11) is 0. The summed E-state index contributed by atoms with van der Waals surface area (Å²) in [4.78, 5) is 22.4. The zero-order valence-corrected chi connectivity index (χ0v) is 15.8. The molecule has 0 fully saturated rings. The van der Waals surface area contributed by atoms with Crippen molar-refractivity contribution in [3.05, 3.63) is 60.2 Å². The van der Waals surface area contributed by atoms with Gasteiger partial charge in [-0.2, -0.15) is 0 Å². The molecule has 1 atom stereocenters. The highest BCUT2D eigenvalue weighted by Gasteiger charge is 2.33. The average Bonchev–Trinajstić information content (AvgIpc) is 2.59. The van der Waals surface area contributed by atoms with Crippen LogP contribution in [-0.4, -0.2) is 31.6 Å². The van der Waals surface area contributed by atoms with Crippen molar-refractivity contribution in [2.75, 3.05) is 0 Å². The monoisotopic (exact) mass is 367 g/mol. The molecule has 5 nitrogen and oxygen atoms in total. The first-order valence-corrected chi connectivity index (χ1v) is 8.72. The number of halogens is 1. The van der Waals surface area contributed by atoms with E-state index >= 15 is 0 Å². The van der Waals surface area contributed by atoms with Crippen molar-refractivity contribution in [1.82, 2.24) is 14.9 Å². The quantitative estimate of drug-likeness (QED) is 0.684. The van der Waals surface area contributed by atoms with E-state index in [1.807, 2.05) is 45.9 Å². The number of rotatable bonds is 3. The molecule has 6 heteroatoms. The highest BCUT2D eigenvalue weighted by molar-refractivity contribution is 5.84. The number of carboxylic acid groups (broad SMARTS) is 1. The van der Waals surface area contributed by atoms with Crippen molar-refractivity contribution >= 4 is 17.0 Å². The first-order valence-electron chi connectivity index (χ1n) is 8.72. The number of pyridine rings is 2. The summed E-state index contributed by atoms with van der Waals surface area (Å²) < 4.78 is 13.7. The van der Waals surface area contributed by atoms with Gasteiger partial charge in [0, 0.05) is 22.7 Å². The van der Waals surface area contributed by atoms with Crippen molar-refractivity contribution < 1.29 is 14.3 Å². The molecule has 1 aromatic carbocycles.